The second-order valence-electron chi connectivity index (χ2n) is 4.64. The third-order valence-electron chi connectivity index (χ3n) is 3.17. The number of rotatable bonds is 4. The van der Waals surface area contributed by atoms with Gasteiger partial charge in [-0.25, -0.2) is 4.98 Å². The Kier molecular flexibility index (Phi) is 3.44. The SMILES string of the molecule is CC(C)N(CCO)c1ccc2c(n1)CCC2. The van der Waals surface area contributed by atoms with Gasteiger partial charge in [-0.3, -0.25) is 0 Å². The van der Waals surface area contributed by atoms with Gasteiger partial charge in [0.2, 0.25) is 0 Å². The number of aliphatic hydroxyl groups is 1. The van der Waals surface area contributed by atoms with Crippen LogP contribution in [0, 0.1) is 0 Å². The van der Waals surface area contributed by atoms with E-state index in [-0.39, 0.29) is 6.61 Å². The van der Waals surface area contributed by atoms with Crippen LogP contribution >= 0.6 is 0 Å². The average molecular weight is 220 g/mol. The van der Waals surface area contributed by atoms with Gasteiger partial charge in [-0.2, -0.15) is 0 Å². The molecular weight excluding hydrogens is 200 g/mol. The number of anilines is 1. The summed E-state index contributed by atoms with van der Waals surface area (Å²) in [5.41, 5.74) is 2.65. The third kappa shape index (κ3) is 2.19. The van der Waals surface area contributed by atoms with Crippen LogP contribution < -0.4 is 4.90 Å². The van der Waals surface area contributed by atoms with Crippen LogP contribution in [0.1, 0.15) is 31.5 Å². The Morgan fingerprint density at radius 1 is 1.38 bits per heavy atom. The van der Waals surface area contributed by atoms with E-state index in [1.807, 2.05) is 0 Å². The van der Waals surface area contributed by atoms with Crippen molar-refractivity contribution in [1.29, 1.82) is 0 Å². The Morgan fingerprint density at radius 2 is 2.19 bits per heavy atom. The summed E-state index contributed by atoms with van der Waals surface area (Å²) < 4.78 is 0. The highest BCUT2D eigenvalue weighted by molar-refractivity contribution is 5.43. The number of pyridine rings is 1. The molecule has 0 aromatic carbocycles. The van der Waals surface area contributed by atoms with Gasteiger partial charge in [0, 0.05) is 18.3 Å². The molecule has 0 bridgehead atoms. The van der Waals surface area contributed by atoms with Gasteiger partial charge in [0.25, 0.3) is 0 Å². The van der Waals surface area contributed by atoms with Crippen molar-refractivity contribution in [3.05, 3.63) is 23.4 Å². The molecule has 0 saturated heterocycles. The van der Waals surface area contributed by atoms with E-state index in [0.29, 0.717) is 12.6 Å². The number of fused-ring (bicyclic) bond motifs is 1. The lowest BCUT2D eigenvalue weighted by atomic mass is 10.2. The minimum absolute atomic E-state index is 0.178. The quantitative estimate of drug-likeness (QED) is 0.840. The molecule has 0 radical (unpaired) electrons. The predicted molar refractivity (Wildman–Crippen MR) is 65.8 cm³/mol. The first-order valence-corrected chi connectivity index (χ1v) is 6.08. The number of aromatic nitrogens is 1. The van der Waals surface area contributed by atoms with Crippen LogP contribution in [-0.4, -0.2) is 29.3 Å². The van der Waals surface area contributed by atoms with Crippen molar-refractivity contribution in [2.75, 3.05) is 18.1 Å². The van der Waals surface area contributed by atoms with Crippen LogP contribution in [0.5, 0.6) is 0 Å². The first kappa shape index (κ1) is 11.4. The van der Waals surface area contributed by atoms with Gasteiger partial charge in [0.15, 0.2) is 0 Å². The molecule has 1 N–H and O–H groups in total. The number of hydrogen-bond acceptors (Lipinski definition) is 3. The first-order valence-electron chi connectivity index (χ1n) is 6.08. The topological polar surface area (TPSA) is 36.4 Å². The Labute approximate surface area is 97.1 Å². The number of nitrogens with zero attached hydrogens (tertiary/aromatic N) is 2. The van der Waals surface area contributed by atoms with Crippen molar-refractivity contribution in [3.63, 3.8) is 0 Å². The maximum Gasteiger partial charge on any atom is 0.129 e. The normalized spacial score (nSPS) is 14.2. The fraction of sp³-hybridized carbons (Fsp3) is 0.615. The molecule has 0 fully saturated rings. The van der Waals surface area contributed by atoms with Crippen LogP contribution in [0.25, 0.3) is 0 Å². The minimum Gasteiger partial charge on any atom is -0.395 e. The fourth-order valence-corrected chi connectivity index (χ4v) is 2.31. The Hall–Kier alpha value is -1.09. The highest BCUT2D eigenvalue weighted by atomic mass is 16.3. The van der Waals surface area contributed by atoms with Gasteiger partial charge in [-0.1, -0.05) is 6.07 Å². The van der Waals surface area contributed by atoms with Gasteiger partial charge in [-0.05, 0) is 44.7 Å². The molecule has 88 valence electrons. The monoisotopic (exact) mass is 220 g/mol. The van der Waals surface area contributed by atoms with Crippen LogP contribution in [0.15, 0.2) is 12.1 Å². The predicted octanol–water partition coefficient (Wildman–Crippen LogP) is 1.78. The van der Waals surface area contributed by atoms with E-state index >= 15 is 0 Å². The summed E-state index contributed by atoms with van der Waals surface area (Å²) in [7, 11) is 0. The second kappa shape index (κ2) is 4.83. The Balaban J connectivity index is 2.24. The lowest BCUT2D eigenvalue weighted by molar-refractivity contribution is 0.298. The lowest BCUT2D eigenvalue weighted by Crippen LogP contribution is -2.34. The van der Waals surface area contributed by atoms with E-state index in [1.54, 1.807) is 0 Å². The van der Waals surface area contributed by atoms with E-state index in [9.17, 15) is 0 Å². The minimum atomic E-state index is 0.178. The molecule has 0 aliphatic heterocycles. The van der Waals surface area contributed by atoms with Gasteiger partial charge in [-0.15, -0.1) is 0 Å². The van der Waals surface area contributed by atoms with Crippen LogP contribution in [0.3, 0.4) is 0 Å². The van der Waals surface area contributed by atoms with Crippen LogP contribution in [-0.2, 0) is 12.8 Å². The summed E-state index contributed by atoms with van der Waals surface area (Å²) >= 11 is 0. The standard InChI is InChI=1S/C13H20N2O/c1-10(2)15(8-9-16)13-7-6-11-4-3-5-12(11)14-13/h6-7,10,16H,3-5,8-9H2,1-2H3. The molecule has 0 spiro atoms. The lowest BCUT2D eigenvalue weighted by Gasteiger charge is -2.27. The molecule has 1 aromatic rings. The maximum absolute atomic E-state index is 9.07. The summed E-state index contributed by atoms with van der Waals surface area (Å²) in [5, 5.41) is 9.07. The van der Waals surface area contributed by atoms with Gasteiger partial charge in [0.1, 0.15) is 5.82 Å². The van der Waals surface area contributed by atoms with Crippen molar-refractivity contribution in [3.8, 4) is 0 Å². The highest BCUT2D eigenvalue weighted by Gasteiger charge is 2.16. The summed E-state index contributed by atoms with van der Waals surface area (Å²) in [4.78, 5) is 6.86. The summed E-state index contributed by atoms with van der Waals surface area (Å²) in [6.45, 7) is 5.09. The average Bonchev–Trinajstić information content (AvgIpc) is 2.72. The Bertz CT molecular complexity index is 363. The summed E-state index contributed by atoms with van der Waals surface area (Å²) in [5.74, 6) is 1.00. The van der Waals surface area contributed by atoms with Crippen LogP contribution in [0.2, 0.25) is 0 Å². The number of hydrogen-bond donors (Lipinski definition) is 1. The zero-order chi connectivity index (χ0) is 11.5. The van der Waals surface area contributed by atoms with E-state index in [4.69, 9.17) is 10.1 Å². The molecule has 1 aromatic heterocycles. The molecule has 1 aliphatic carbocycles. The number of aryl methyl sites for hydroxylation is 2. The van der Waals surface area contributed by atoms with E-state index in [0.717, 1.165) is 12.2 Å². The molecule has 3 heteroatoms. The third-order valence-corrected chi connectivity index (χ3v) is 3.17. The molecule has 1 heterocycles. The molecule has 16 heavy (non-hydrogen) atoms. The fourth-order valence-electron chi connectivity index (χ4n) is 2.31. The second-order valence-corrected chi connectivity index (χ2v) is 4.64. The Morgan fingerprint density at radius 3 is 2.88 bits per heavy atom. The van der Waals surface area contributed by atoms with Gasteiger partial charge >= 0.3 is 0 Å². The molecule has 0 saturated carbocycles. The molecule has 1 aliphatic rings. The maximum atomic E-state index is 9.07. The number of aliphatic hydroxyl groups excluding tert-OH is 1. The van der Waals surface area contributed by atoms with E-state index < -0.39 is 0 Å². The smallest absolute Gasteiger partial charge is 0.129 e. The largest absolute Gasteiger partial charge is 0.395 e. The van der Waals surface area contributed by atoms with Gasteiger partial charge in [0.05, 0.1) is 6.61 Å². The molecule has 2 rings (SSSR count). The summed E-state index contributed by atoms with van der Waals surface area (Å²) in [6.07, 6.45) is 3.51. The molecule has 3 nitrogen and oxygen atoms in total. The van der Waals surface area contributed by atoms with Crippen molar-refractivity contribution < 1.29 is 5.11 Å². The molecule has 0 unspecified atom stereocenters. The first-order chi connectivity index (χ1) is 7.72. The van der Waals surface area contributed by atoms with E-state index in [2.05, 4.69) is 30.9 Å². The molecule has 0 atom stereocenters. The van der Waals surface area contributed by atoms with Crippen molar-refractivity contribution in [2.45, 2.75) is 39.2 Å². The van der Waals surface area contributed by atoms with Crippen molar-refractivity contribution >= 4 is 5.82 Å². The highest BCUT2D eigenvalue weighted by Crippen LogP contribution is 2.24. The zero-order valence-corrected chi connectivity index (χ0v) is 10.1. The van der Waals surface area contributed by atoms with E-state index in [1.165, 1.54) is 24.1 Å². The van der Waals surface area contributed by atoms with Crippen LogP contribution in [0.4, 0.5) is 5.82 Å². The molecular formula is C13H20N2O. The van der Waals surface area contributed by atoms with Gasteiger partial charge < -0.3 is 10.0 Å². The molecule has 0 amide bonds. The zero-order valence-electron chi connectivity index (χ0n) is 10.1. The summed E-state index contributed by atoms with van der Waals surface area (Å²) in [6, 6.07) is 4.65. The van der Waals surface area contributed by atoms with Crippen molar-refractivity contribution in [2.24, 2.45) is 0 Å². The van der Waals surface area contributed by atoms with Crippen molar-refractivity contribution in [1.82, 2.24) is 4.98 Å².